The van der Waals surface area contributed by atoms with E-state index in [9.17, 15) is 9.59 Å². The molecule has 0 N–H and O–H groups in total. The Hall–Kier alpha value is -1.84. The number of carbonyl (C=O) groups is 2. The van der Waals surface area contributed by atoms with Gasteiger partial charge < -0.3 is 9.80 Å². The summed E-state index contributed by atoms with van der Waals surface area (Å²) in [6.45, 7) is 4.35. The topological polar surface area (TPSA) is 40.6 Å². The van der Waals surface area contributed by atoms with Crippen LogP contribution in [0.5, 0.6) is 0 Å². The number of rotatable bonds is 4. The molecule has 4 heteroatoms. The largest absolute Gasteiger partial charge is 0.341 e. The van der Waals surface area contributed by atoms with Crippen LogP contribution in [0.25, 0.3) is 0 Å². The fourth-order valence-corrected chi connectivity index (χ4v) is 3.90. The zero-order valence-electron chi connectivity index (χ0n) is 13.9. The molecule has 2 heterocycles. The Balaban J connectivity index is 1.60. The molecule has 0 spiro atoms. The first-order valence-corrected chi connectivity index (χ1v) is 8.84. The fraction of sp³-hybridized carbons (Fsp3) is 0.579. The zero-order valence-corrected chi connectivity index (χ0v) is 13.9. The lowest BCUT2D eigenvalue weighted by molar-refractivity contribution is -0.144. The van der Waals surface area contributed by atoms with Crippen molar-refractivity contribution in [1.82, 2.24) is 9.80 Å². The van der Waals surface area contributed by atoms with Crippen molar-refractivity contribution in [3.63, 3.8) is 0 Å². The minimum Gasteiger partial charge on any atom is -0.341 e. The molecule has 0 saturated carbocycles. The summed E-state index contributed by atoms with van der Waals surface area (Å²) >= 11 is 0. The van der Waals surface area contributed by atoms with Crippen molar-refractivity contribution in [3.05, 3.63) is 35.9 Å². The Morgan fingerprint density at radius 1 is 1.17 bits per heavy atom. The summed E-state index contributed by atoms with van der Waals surface area (Å²) in [5.74, 6) is 0.840. The van der Waals surface area contributed by atoms with Gasteiger partial charge in [0, 0.05) is 26.1 Å². The minimum absolute atomic E-state index is 0.143. The monoisotopic (exact) mass is 314 g/mol. The van der Waals surface area contributed by atoms with E-state index in [2.05, 4.69) is 24.3 Å². The molecule has 1 aromatic carbocycles. The summed E-state index contributed by atoms with van der Waals surface area (Å²) in [6.07, 6.45) is 4.22. The van der Waals surface area contributed by atoms with Gasteiger partial charge >= 0.3 is 0 Å². The highest BCUT2D eigenvalue weighted by Gasteiger charge is 2.35. The molecule has 4 nitrogen and oxygen atoms in total. The highest BCUT2D eigenvalue weighted by molar-refractivity contribution is 5.88. The Kier molecular flexibility index (Phi) is 4.99. The highest BCUT2D eigenvalue weighted by Crippen LogP contribution is 2.29. The van der Waals surface area contributed by atoms with Gasteiger partial charge in [-0.05, 0) is 37.2 Å². The van der Waals surface area contributed by atoms with E-state index < -0.39 is 0 Å². The van der Waals surface area contributed by atoms with Crippen molar-refractivity contribution in [3.8, 4) is 0 Å². The van der Waals surface area contributed by atoms with Crippen LogP contribution in [0.1, 0.15) is 50.5 Å². The number of benzene rings is 1. The lowest BCUT2D eigenvalue weighted by Crippen LogP contribution is -2.50. The molecule has 1 aromatic rings. The predicted octanol–water partition coefficient (Wildman–Crippen LogP) is 2.79. The molecule has 2 aliphatic rings. The lowest BCUT2D eigenvalue weighted by atomic mass is 9.89. The molecular formula is C19H26N2O2. The summed E-state index contributed by atoms with van der Waals surface area (Å²) in [6, 6.07) is 10.3. The minimum atomic E-state index is -0.252. The average molecular weight is 314 g/mol. The van der Waals surface area contributed by atoms with E-state index >= 15 is 0 Å². The van der Waals surface area contributed by atoms with Gasteiger partial charge in [-0.15, -0.1) is 0 Å². The SMILES string of the molecule is CCC(C(=O)N1CCC(c2ccccc2)CC1)N1CCCC1=O. The maximum absolute atomic E-state index is 12.8. The van der Waals surface area contributed by atoms with Crippen LogP contribution in [-0.4, -0.2) is 47.3 Å². The normalized spacial score (nSPS) is 20.8. The summed E-state index contributed by atoms with van der Waals surface area (Å²) < 4.78 is 0. The zero-order chi connectivity index (χ0) is 16.2. The summed E-state index contributed by atoms with van der Waals surface area (Å²) in [7, 11) is 0. The Morgan fingerprint density at radius 2 is 1.87 bits per heavy atom. The van der Waals surface area contributed by atoms with Crippen LogP contribution in [0, 0.1) is 0 Å². The standard InChI is InChI=1S/C19H26N2O2/c1-2-17(21-12-6-9-18(21)22)19(23)20-13-10-16(11-14-20)15-7-4-3-5-8-15/h3-5,7-8,16-17H,2,6,9-14H2,1H3. The smallest absolute Gasteiger partial charge is 0.245 e. The van der Waals surface area contributed by atoms with Crippen LogP contribution in [0.2, 0.25) is 0 Å². The first-order chi connectivity index (χ1) is 11.2. The molecule has 2 amide bonds. The second-order valence-corrected chi connectivity index (χ2v) is 6.62. The first-order valence-electron chi connectivity index (χ1n) is 8.84. The van der Waals surface area contributed by atoms with Crippen LogP contribution in [0.3, 0.4) is 0 Å². The van der Waals surface area contributed by atoms with Gasteiger partial charge in [0.25, 0.3) is 0 Å². The van der Waals surface area contributed by atoms with E-state index in [-0.39, 0.29) is 17.9 Å². The molecule has 2 saturated heterocycles. The third-order valence-electron chi connectivity index (χ3n) is 5.24. The van der Waals surface area contributed by atoms with Gasteiger partial charge in [-0.2, -0.15) is 0 Å². The number of nitrogens with zero attached hydrogens (tertiary/aromatic N) is 2. The van der Waals surface area contributed by atoms with Crippen molar-refractivity contribution in [2.75, 3.05) is 19.6 Å². The third kappa shape index (κ3) is 3.41. The third-order valence-corrected chi connectivity index (χ3v) is 5.24. The maximum atomic E-state index is 12.8. The number of carbonyl (C=O) groups excluding carboxylic acids is 2. The molecular weight excluding hydrogens is 288 g/mol. The number of hydrogen-bond donors (Lipinski definition) is 0. The molecule has 0 aliphatic carbocycles. The van der Waals surface area contributed by atoms with Gasteiger partial charge in [-0.1, -0.05) is 37.3 Å². The molecule has 1 atom stereocenters. The average Bonchev–Trinajstić information content (AvgIpc) is 3.02. The van der Waals surface area contributed by atoms with Gasteiger partial charge in [0.1, 0.15) is 6.04 Å². The van der Waals surface area contributed by atoms with Gasteiger partial charge in [-0.3, -0.25) is 9.59 Å². The van der Waals surface area contributed by atoms with Crippen molar-refractivity contribution in [2.24, 2.45) is 0 Å². The van der Waals surface area contributed by atoms with Crippen molar-refractivity contribution >= 4 is 11.8 Å². The number of hydrogen-bond acceptors (Lipinski definition) is 2. The molecule has 0 aromatic heterocycles. The molecule has 124 valence electrons. The Morgan fingerprint density at radius 3 is 2.43 bits per heavy atom. The maximum Gasteiger partial charge on any atom is 0.245 e. The van der Waals surface area contributed by atoms with E-state index in [4.69, 9.17) is 0 Å². The molecule has 0 bridgehead atoms. The fourth-order valence-electron chi connectivity index (χ4n) is 3.90. The number of amides is 2. The summed E-state index contributed by atoms with van der Waals surface area (Å²) in [4.78, 5) is 28.6. The highest BCUT2D eigenvalue weighted by atomic mass is 16.2. The van der Waals surface area contributed by atoms with Crippen molar-refractivity contribution in [1.29, 1.82) is 0 Å². The summed E-state index contributed by atoms with van der Waals surface area (Å²) in [5.41, 5.74) is 1.38. The van der Waals surface area contributed by atoms with Crippen molar-refractivity contribution < 1.29 is 9.59 Å². The molecule has 23 heavy (non-hydrogen) atoms. The number of likely N-dealkylation sites (tertiary alicyclic amines) is 2. The summed E-state index contributed by atoms with van der Waals surface area (Å²) in [5, 5.41) is 0. The van der Waals surface area contributed by atoms with E-state index in [1.807, 2.05) is 17.9 Å². The lowest BCUT2D eigenvalue weighted by Gasteiger charge is -2.36. The molecule has 0 radical (unpaired) electrons. The Bertz CT molecular complexity index is 550. The van der Waals surface area contributed by atoms with Crippen LogP contribution in [0.4, 0.5) is 0 Å². The molecule has 2 aliphatic heterocycles. The van der Waals surface area contributed by atoms with Gasteiger partial charge in [0.15, 0.2) is 0 Å². The molecule has 1 unspecified atom stereocenters. The van der Waals surface area contributed by atoms with Gasteiger partial charge in [0.2, 0.25) is 11.8 Å². The van der Waals surface area contributed by atoms with Crippen molar-refractivity contribution in [2.45, 2.75) is 51.0 Å². The van der Waals surface area contributed by atoms with Crippen LogP contribution >= 0.6 is 0 Å². The second-order valence-electron chi connectivity index (χ2n) is 6.62. The number of piperidine rings is 1. The van der Waals surface area contributed by atoms with E-state index in [1.54, 1.807) is 4.90 Å². The van der Waals surface area contributed by atoms with Crippen LogP contribution < -0.4 is 0 Å². The quantitative estimate of drug-likeness (QED) is 0.857. The second kappa shape index (κ2) is 7.16. The Labute approximate surface area is 138 Å². The van der Waals surface area contributed by atoms with E-state index in [0.717, 1.165) is 38.9 Å². The van der Waals surface area contributed by atoms with Gasteiger partial charge in [0.05, 0.1) is 0 Å². The molecule has 3 rings (SSSR count). The van der Waals surface area contributed by atoms with E-state index in [1.165, 1.54) is 5.56 Å². The van der Waals surface area contributed by atoms with Gasteiger partial charge in [-0.25, -0.2) is 0 Å². The van der Waals surface area contributed by atoms with Crippen LogP contribution in [-0.2, 0) is 9.59 Å². The van der Waals surface area contributed by atoms with E-state index in [0.29, 0.717) is 18.8 Å². The predicted molar refractivity (Wildman–Crippen MR) is 90.0 cm³/mol. The van der Waals surface area contributed by atoms with Crippen LogP contribution in [0.15, 0.2) is 30.3 Å². The molecule has 2 fully saturated rings. The first kappa shape index (κ1) is 16.0.